The van der Waals surface area contributed by atoms with E-state index in [0.717, 1.165) is 38.4 Å². The third-order valence-corrected chi connectivity index (χ3v) is 5.37. The van der Waals surface area contributed by atoms with Crippen molar-refractivity contribution in [3.8, 4) is 6.07 Å². The second-order valence-electron chi connectivity index (χ2n) is 6.37. The first-order valence-electron chi connectivity index (χ1n) is 8.02. The summed E-state index contributed by atoms with van der Waals surface area (Å²) in [6.45, 7) is 4.35. The maximum atomic E-state index is 9.75. The third-order valence-electron chi connectivity index (χ3n) is 5.37. The van der Waals surface area contributed by atoms with Gasteiger partial charge < -0.3 is 4.90 Å². The molecule has 1 aromatic rings. The number of benzene rings is 1. The van der Waals surface area contributed by atoms with Crippen molar-refractivity contribution in [2.45, 2.75) is 56.9 Å². The highest BCUT2D eigenvalue weighted by Gasteiger charge is 2.39. The fourth-order valence-corrected chi connectivity index (χ4v) is 3.55. The van der Waals surface area contributed by atoms with Crippen LogP contribution in [0.3, 0.4) is 0 Å². The highest BCUT2D eigenvalue weighted by molar-refractivity contribution is 5.35. The second-order valence-corrected chi connectivity index (χ2v) is 6.37. The van der Waals surface area contributed by atoms with Gasteiger partial charge >= 0.3 is 0 Å². The number of nitriles is 1. The first kappa shape index (κ1) is 13.6. The summed E-state index contributed by atoms with van der Waals surface area (Å²) in [6, 6.07) is 12.2. The van der Waals surface area contributed by atoms with Crippen LogP contribution in [0.15, 0.2) is 24.3 Å². The first-order valence-corrected chi connectivity index (χ1v) is 8.02. The molecular weight excluding hydrogens is 244 g/mol. The van der Waals surface area contributed by atoms with Gasteiger partial charge in [-0.25, -0.2) is 0 Å². The molecule has 1 saturated heterocycles. The molecule has 3 rings (SSSR count). The van der Waals surface area contributed by atoms with Crippen molar-refractivity contribution in [3.05, 3.63) is 35.4 Å². The SMILES string of the molecule is CCc1ccc(C2(C#N)CCN(C3CCC3)CC2)cc1. The van der Waals surface area contributed by atoms with E-state index < -0.39 is 0 Å². The smallest absolute Gasteiger partial charge is 0.0846 e. The fraction of sp³-hybridized carbons (Fsp3) is 0.611. The van der Waals surface area contributed by atoms with Crippen molar-refractivity contribution in [3.63, 3.8) is 0 Å². The standard InChI is InChI=1S/C18H24N2/c1-2-15-6-8-16(9-7-15)18(14-19)10-12-20(13-11-18)17-4-3-5-17/h6-9,17H,2-5,10-13H2,1H3. The molecule has 106 valence electrons. The highest BCUT2D eigenvalue weighted by Crippen LogP contribution is 2.37. The van der Waals surface area contributed by atoms with Crippen molar-refractivity contribution in [2.75, 3.05) is 13.1 Å². The van der Waals surface area contributed by atoms with Gasteiger partial charge in [-0.3, -0.25) is 0 Å². The largest absolute Gasteiger partial charge is 0.300 e. The molecule has 1 heterocycles. The van der Waals surface area contributed by atoms with Gasteiger partial charge in [-0.05, 0) is 43.2 Å². The number of hydrogen-bond donors (Lipinski definition) is 0. The average Bonchev–Trinajstić information content (AvgIpc) is 2.47. The Balaban J connectivity index is 1.73. The van der Waals surface area contributed by atoms with E-state index in [4.69, 9.17) is 0 Å². The maximum Gasteiger partial charge on any atom is 0.0846 e. The molecule has 0 radical (unpaired) electrons. The zero-order valence-corrected chi connectivity index (χ0v) is 12.4. The molecule has 0 atom stereocenters. The Bertz CT molecular complexity index is 485. The van der Waals surface area contributed by atoms with E-state index in [2.05, 4.69) is 42.2 Å². The molecule has 2 heteroatoms. The molecule has 0 spiro atoms. The van der Waals surface area contributed by atoms with Gasteiger partial charge in [-0.1, -0.05) is 37.6 Å². The number of hydrogen-bond acceptors (Lipinski definition) is 2. The number of aryl methyl sites for hydroxylation is 1. The van der Waals surface area contributed by atoms with E-state index in [-0.39, 0.29) is 5.41 Å². The molecule has 1 saturated carbocycles. The minimum absolute atomic E-state index is 0.244. The molecule has 2 aliphatic rings. The van der Waals surface area contributed by atoms with Crippen molar-refractivity contribution in [1.82, 2.24) is 4.90 Å². The van der Waals surface area contributed by atoms with Crippen molar-refractivity contribution >= 4 is 0 Å². The Hall–Kier alpha value is -1.33. The number of nitrogens with zero attached hydrogens (tertiary/aromatic N) is 2. The number of piperidine rings is 1. The molecule has 2 nitrogen and oxygen atoms in total. The molecule has 1 aliphatic heterocycles. The summed E-state index contributed by atoms with van der Waals surface area (Å²) in [6.07, 6.45) is 7.17. The van der Waals surface area contributed by atoms with E-state index in [1.165, 1.54) is 30.4 Å². The molecule has 0 unspecified atom stereocenters. The van der Waals surface area contributed by atoms with Gasteiger partial charge in [0.05, 0.1) is 11.5 Å². The molecule has 1 aliphatic carbocycles. The van der Waals surface area contributed by atoms with Gasteiger partial charge in [0.25, 0.3) is 0 Å². The van der Waals surface area contributed by atoms with Crippen LogP contribution in [-0.4, -0.2) is 24.0 Å². The van der Waals surface area contributed by atoms with Gasteiger partial charge in [0.15, 0.2) is 0 Å². The Morgan fingerprint density at radius 3 is 2.30 bits per heavy atom. The molecule has 0 N–H and O–H groups in total. The van der Waals surface area contributed by atoms with Crippen LogP contribution in [0.2, 0.25) is 0 Å². The predicted octanol–water partition coefficient (Wildman–Crippen LogP) is 3.66. The van der Waals surface area contributed by atoms with Crippen LogP contribution in [0.25, 0.3) is 0 Å². The van der Waals surface area contributed by atoms with E-state index in [1.807, 2.05) is 0 Å². The van der Waals surface area contributed by atoms with Crippen LogP contribution in [0.5, 0.6) is 0 Å². The Morgan fingerprint density at radius 2 is 1.85 bits per heavy atom. The minimum Gasteiger partial charge on any atom is -0.300 e. The lowest BCUT2D eigenvalue weighted by Gasteiger charge is -2.44. The quantitative estimate of drug-likeness (QED) is 0.836. The number of likely N-dealkylation sites (tertiary alicyclic amines) is 1. The van der Waals surface area contributed by atoms with Gasteiger partial charge in [0, 0.05) is 19.1 Å². The van der Waals surface area contributed by atoms with Crippen molar-refractivity contribution < 1.29 is 0 Å². The maximum absolute atomic E-state index is 9.75. The lowest BCUT2D eigenvalue weighted by molar-refractivity contribution is 0.0854. The van der Waals surface area contributed by atoms with E-state index in [1.54, 1.807) is 0 Å². The van der Waals surface area contributed by atoms with Crippen LogP contribution in [0.1, 0.15) is 50.2 Å². The molecule has 0 aromatic heterocycles. The lowest BCUT2D eigenvalue weighted by atomic mass is 9.73. The normalized spacial score (nSPS) is 23.0. The summed E-state index contributed by atoms with van der Waals surface area (Å²) in [4.78, 5) is 2.61. The Morgan fingerprint density at radius 1 is 1.20 bits per heavy atom. The monoisotopic (exact) mass is 268 g/mol. The summed E-state index contributed by atoms with van der Waals surface area (Å²) < 4.78 is 0. The third kappa shape index (κ3) is 2.36. The van der Waals surface area contributed by atoms with Crippen LogP contribution in [0.4, 0.5) is 0 Å². The van der Waals surface area contributed by atoms with Crippen LogP contribution < -0.4 is 0 Å². The van der Waals surface area contributed by atoms with E-state index in [9.17, 15) is 5.26 Å². The number of rotatable bonds is 3. The Kier molecular flexibility index (Phi) is 3.81. The van der Waals surface area contributed by atoms with Crippen molar-refractivity contribution in [2.24, 2.45) is 0 Å². The van der Waals surface area contributed by atoms with Gasteiger partial charge in [0.2, 0.25) is 0 Å². The molecule has 1 aromatic carbocycles. The first-order chi connectivity index (χ1) is 9.77. The minimum atomic E-state index is -0.244. The lowest BCUT2D eigenvalue weighted by Crippen LogP contribution is -2.48. The summed E-state index contributed by atoms with van der Waals surface area (Å²) in [5, 5.41) is 9.75. The zero-order chi connectivity index (χ0) is 14.0. The van der Waals surface area contributed by atoms with Crippen LogP contribution in [0, 0.1) is 11.3 Å². The molecule has 2 fully saturated rings. The summed E-state index contributed by atoms with van der Waals surface area (Å²) in [5.41, 5.74) is 2.34. The molecular formula is C18H24N2. The highest BCUT2D eigenvalue weighted by atomic mass is 15.2. The average molecular weight is 268 g/mol. The fourth-order valence-electron chi connectivity index (χ4n) is 3.55. The van der Waals surface area contributed by atoms with Gasteiger partial charge in [0.1, 0.15) is 0 Å². The second kappa shape index (κ2) is 5.58. The van der Waals surface area contributed by atoms with Crippen LogP contribution in [-0.2, 0) is 11.8 Å². The van der Waals surface area contributed by atoms with Gasteiger partial charge in [-0.15, -0.1) is 0 Å². The molecule has 20 heavy (non-hydrogen) atoms. The Labute approximate surface area is 122 Å². The zero-order valence-electron chi connectivity index (χ0n) is 12.4. The van der Waals surface area contributed by atoms with Gasteiger partial charge in [-0.2, -0.15) is 5.26 Å². The van der Waals surface area contributed by atoms with E-state index in [0.29, 0.717) is 0 Å². The summed E-state index contributed by atoms with van der Waals surface area (Å²) in [5.74, 6) is 0. The van der Waals surface area contributed by atoms with E-state index >= 15 is 0 Å². The topological polar surface area (TPSA) is 27.0 Å². The molecule has 0 bridgehead atoms. The predicted molar refractivity (Wildman–Crippen MR) is 81.6 cm³/mol. The van der Waals surface area contributed by atoms with Crippen LogP contribution >= 0.6 is 0 Å². The summed E-state index contributed by atoms with van der Waals surface area (Å²) >= 11 is 0. The summed E-state index contributed by atoms with van der Waals surface area (Å²) in [7, 11) is 0. The van der Waals surface area contributed by atoms with Crippen molar-refractivity contribution in [1.29, 1.82) is 5.26 Å². The molecule has 0 amide bonds.